The van der Waals surface area contributed by atoms with E-state index in [1.54, 1.807) is 18.5 Å². The van der Waals surface area contributed by atoms with Crippen LogP contribution in [-0.4, -0.2) is 80.3 Å². The minimum Gasteiger partial charge on any atom is -0.382 e. The van der Waals surface area contributed by atoms with Gasteiger partial charge in [-0.15, -0.1) is 0 Å². The molecule has 4 aromatic rings. The molecule has 0 bridgehead atoms. The van der Waals surface area contributed by atoms with E-state index in [0.29, 0.717) is 28.5 Å². The van der Waals surface area contributed by atoms with Crippen molar-refractivity contribution in [3.05, 3.63) is 54.5 Å². The van der Waals surface area contributed by atoms with E-state index in [0.717, 1.165) is 56.5 Å². The van der Waals surface area contributed by atoms with Crippen LogP contribution in [0.4, 0.5) is 18.9 Å². The number of nitrogens with zero attached hydrogens (tertiary/aromatic N) is 6. The van der Waals surface area contributed by atoms with Gasteiger partial charge in [0.25, 0.3) is 0 Å². The number of rotatable bonds is 7. The van der Waals surface area contributed by atoms with Crippen LogP contribution in [0.15, 0.2) is 48.8 Å². The van der Waals surface area contributed by atoms with Gasteiger partial charge < -0.3 is 5.32 Å². The van der Waals surface area contributed by atoms with E-state index in [1.807, 2.05) is 12.1 Å². The summed E-state index contributed by atoms with van der Waals surface area (Å²) >= 11 is 0. The van der Waals surface area contributed by atoms with Crippen molar-refractivity contribution >= 4 is 16.7 Å². The summed E-state index contributed by atoms with van der Waals surface area (Å²) in [5, 5.41) is 10.2. The van der Waals surface area contributed by atoms with Gasteiger partial charge >= 0.3 is 6.18 Å². The average molecular weight is 511 g/mol. The van der Waals surface area contributed by atoms with Gasteiger partial charge in [0.1, 0.15) is 5.69 Å². The van der Waals surface area contributed by atoms with Gasteiger partial charge in [-0.25, -0.2) is 9.97 Å². The van der Waals surface area contributed by atoms with E-state index < -0.39 is 11.9 Å². The summed E-state index contributed by atoms with van der Waals surface area (Å²) in [6.07, 6.45) is -1.20. The zero-order chi connectivity index (χ0) is 26.0. The third kappa shape index (κ3) is 5.72. The first-order chi connectivity index (χ1) is 17.8. The molecule has 194 valence electrons. The lowest BCUT2D eigenvalue weighted by atomic mass is 10.1. The number of anilines is 1. The van der Waals surface area contributed by atoms with E-state index in [-0.39, 0.29) is 5.69 Å². The minimum atomic E-state index is -4.53. The molecule has 0 spiro atoms. The molecular weight excluding hydrogens is 481 g/mol. The van der Waals surface area contributed by atoms with Gasteiger partial charge in [-0.2, -0.15) is 18.3 Å². The van der Waals surface area contributed by atoms with Crippen LogP contribution in [0.3, 0.4) is 0 Å². The highest BCUT2D eigenvalue weighted by Gasteiger charge is 2.32. The van der Waals surface area contributed by atoms with E-state index >= 15 is 0 Å². The Morgan fingerprint density at radius 3 is 2.54 bits per heavy atom. The molecule has 4 aromatic heterocycles. The maximum absolute atomic E-state index is 13.2. The van der Waals surface area contributed by atoms with Crippen molar-refractivity contribution in [1.82, 2.24) is 34.9 Å². The smallest absolute Gasteiger partial charge is 0.382 e. The SMILES string of the molecule is CC(C)N1CCN(CCNc2cnc3ccc(-c4cn[nH]c4-c4cccc(C(F)(F)F)n4)nc3c2)CC1. The topological polar surface area (TPSA) is 85.9 Å². The normalized spacial score (nSPS) is 15.5. The molecule has 5 heterocycles. The lowest BCUT2D eigenvalue weighted by Crippen LogP contribution is -2.49. The van der Waals surface area contributed by atoms with Crippen molar-refractivity contribution in [2.75, 3.05) is 44.6 Å². The molecular formula is C26H29F3N8. The number of nitrogens with one attached hydrogen (secondary N) is 2. The van der Waals surface area contributed by atoms with Gasteiger partial charge in [-0.05, 0) is 44.2 Å². The summed E-state index contributed by atoms with van der Waals surface area (Å²) in [7, 11) is 0. The Balaban J connectivity index is 1.30. The fourth-order valence-corrected chi connectivity index (χ4v) is 4.52. The van der Waals surface area contributed by atoms with Crippen molar-refractivity contribution in [3.63, 3.8) is 0 Å². The second-order valence-corrected chi connectivity index (χ2v) is 9.42. The van der Waals surface area contributed by atoms with Gasteiger partial charge in [-0.1, -0.05) is 6.07 Å². The summed E-state index contributed by atoms with van der Waals surface area (Å²) in [5.41, 5.74) is 2.96. The summed E-state index contributed by atoms with van der Waals surface area (Å²) in [6.45, 7) is 10.5. The van der Waals surface area contributed by atoms with Crippen LogP contribution in [0.5, 0.6) is 0 Å². The van der Waals surface area contributed by atoms with Crippen molar-refractivity contribution in [1.29, 1.82) is 0 Å². The van der Waals surface area contributed by atoms with E-state index in [9.17, 15) is 13.2 Å². The fraction of sp³-hybridized carbons (Fsp3) is 0.385. The lowest BCUT2D eigenvalue weighted by Gasteiger charge is -2.36. The molecule has 0 saturated carbocycles. The molecule has 0 amide bonds. The lowest BCUT2D eigenvalue weighted by molar-refractivity contribution is -0.141. The van der Waals surface area contributed by atoms with E-state index in [4.69, 9.17) is 4.98 Å². The molecule has 37 heavy (non-hydrogen) atoms. The molecule has 0 atom stereocenters. The Bertz CT molecular complexity index is 1360. The molecule has 0 radical (unpaired) electrons. The first kappa shape index (κ1) is 25.1. The molecule has 1 aliphatic rings. The van der Waals surface area contributed by atoms with Crippen LogP contribution >= 0.6 is 0 Å². The van der Waals surface area contributed by atoms with Gasteiger partial charge in [-0.3, -0.25) is 19.9 Å². The predicted octanol–water partition coefficient (Wildman–Crippen LogP) is 4.54. The average Bonchev–Trinajstić information content (AvgIpc) is 3.38. The van der Waals surface area contributed by atoms with Crippen LogP contribution in [0.2, 0.25) is 0 Å². The molecule has 5 rings (SSSR count). The quantitative estimate of drug-likeness (QED) is 0.378. The summed E-state index contributed by atoms with van der Waals surface area (Å²) < 4.78 is 39.5. The van der Waals surface area contributed by atoms with Gasteiger partial charge in [0, 0.05) is 50.9 Å². The standard InChI is InChI=1S/C26H29F3N8/c1-17(2)37-12-10-36(11-13-37)9-8-30-18-14-23-21(31-15-18)7-6-20(33-23)19-16-32-35-25(19)22-4-3-5-24(34-22)26(27,28)29/h3-7,14-17,30H,8-13H2,1-2H3,(H,32,35). The number of aromatic nitrogens is 5. The van der Waals surface area contributed by atoms with E-state index in [1.165, 1.54) is 12.1 Å². The number of H-pyrrole nitrogens is 1. The van der Waals surface area contributed by atoms with Crippen molar-refractivity contribution in [2.24, 2.45) is 0 Å². The highest BCUT2D eigenvalue weighted by molar-refractivity contribution is 5.83. The molecule has 11 heteroatoms. The molecule has 8 nitrogen and oxygen atoms in total. The second kappa shape index (κ2) is 10.4. The van der Waals surface area contributed by atoms with Crippen molar-refractivity contribution in [3.8, 4) is 22.6 Å². The zero-order valence-electron chi connectivity index (χ0n) is 20.8. The number of piperazine rings is 1. The second-order valence-electron chi connectivity index (χ2n) is 9.42. The Morgan fingerprint density at radius 1 is 0.973 bits per heavy atom. The summed E-state index contributed by atoms with van der Waals surface area (Å²) in [4.78, 5) is 18.0. The number of pyridine rings is 3. The Kier molecular flexibility index (Phi) is 7.07. The Hall–Kier alpha value is -3.57. The maximum Gasteiger partial charge on any atom is 0.433 e. The highest BCUT2D eigenvalue weighted by Crippen LogP contribution is 2.32. The highest BCUT2D eigenvalue weighted by atomic mass is 19.4. The molecule has 0 aromatic carbocycles. The van der Waals surface area contributed by atoms with Crippen LogP contribution in [0.25, 0.3) is 33.7 Å². The Morgan fingerprint density at radius 2 is 1.78 bits per heavy atom. The van der Waals surface area contributed by atoms with Crippen LogP contribution in [-0.2, 0) is 6.18 Å². The first-order valence-corrected chi connectivity index (χ1v) is 12.3. The van der Waals surface area contributed by atoms with Crippen LogP contribution < -0.4 is 5.32 Å². The fourth-order valence-electron chi connectivity index (χ4n) is 4.52. The van der Waals surface area contributed by atoms with Crippen molar-refractivity contribution in [2.45, 2.75) is 26.1 Å². The van der Waals surface area contributed by atoms with Gasteiger partial charge in [0.05, 0.1) is 46.2 Å². The number of fused-ring (bicyclic) bond motifs is 1. The number of alkyl halides is 3. The van der Waals surface area contributed by atoms with Crippen LogP contribution in [0, 0.1) is 0 Å². The van der Waals surface area contributed by atoms with Gasteiger partial charge in [0.15, 0.2) is 0 Å². The molecule has 1 aliphatic heterocycles. The van der Waals surface area contributed by atoms with Crippen LogP contribution in [0.1, 0.15) is 19.5 Å². The van der Waals surface area contributed by atoms with E-state index in [2.05, 4.69) is 49.1 Å². The molecule has 2 N–H and O–H groups in total. The Labute approximate surface area is 212 Å². The molecule has 0 unspecified atom stereocenters. The predicted molar refractivity (Wildman–Crippen MR) is 137 cm³/mol. The van der Waals surface area contributed by atoms with Gasteiger partial charge in [0.2, 0.25) is 0 Å². The number of hydrogen-bond acceptors (Lipinski definition) is 7. The first-order valence-electron chi connectivity index (χ1n) is 12.3. The monoisotopic (exact) mass is 510 g/mol. The summed E-state index contributed by atoms with van der Waals surface area (Å²) in [6, 6.07) is 9.92. The zero-order valence-corrected chi connectivity index (χ0v) is 20.8. The number of halogens is 3. The summed E-state index contributed by atoms with van der Waals surface area (Å²) in [5.74, 6) is 0. The molecule has 1 fully saturated rings. The van der Waals surface area contributed by atoms with Crippen molar-refractivity contribution < 1.29 is 13.2 Å². The molecule has 1 saturated heterocycles. The third-order valence-corrected chi connectivity index (χ3v) is 6.64. The largest absolute Gasteiger partial charge is 0.433 e. The minimum absolute atomic E-state index is 0.145. The number of aromatic amines is 1. The molecule has 0 aliphatic carbocycles. The third-order valence-electron chi connectivity index (χ3n) is 6.64. The maximum atomic E-state index is 13.2. The number of hydrogen-bond donors (Lipinski definition) is 2.